The Morgan fingerprint density at radius 3 is 2.71 bits per heavy atom. The summed E-state index contributed by atoms with van der Waals surface area (Å²) in [6.45, 7) is 4.50. The first-order valence-electron chi connectivity index (χ1n) is 5.96. The first-order chi connectivity index (χ1) is 8.10. The Bertz CT molecular complexity index is 335. The van der Waals surface area contributed by atoms with Gasteiger partial charge in [0.15, 0.2) is 5.78 Å². The number of hydrogen-bond acceptors (Lipinski definition) is 4. The second kappa shape index (κ2) is 6.27. The first-order valence-corrected chi connectivity index (χ1v) is 5.96. The van der Waals surface area contributed by atoms with Crippen molar-refractivity contribution < 1.29 is 19.4 Å². The number of Topliss-reactive ketones (excluding diaryl/α,β-unsaturated/α-hetero) is 1. The van der Waals surface area contributed by atoms with Gasteiger partial charge >= 0.3 is 6.09 Å². The number of amides is 1. The second-order valence-electron chi connectivity index (χ2n) is 3.97. The molecule has 0 aromatic rings. The molecule has 1 N–H and O–H groups in total. The van der Waals surface area contributed by atoms with Crippen LogP contribution in [0.1, 0.15) is 33.1 Å². The van der Waals surface area contributed by atoms with E-state index in [1.807, 2.05) is 6.92 Å². The van der Waals surface area contributed by atoms with Crippen molar-refractivity contribution in [3.05, 3.63) is 11.3 Å². The number of ketones is 1. The minimum Gasteiger partial charge on any atom is -0.512 e. The molecule has 1 rings (SSSR count). The zero-order chi connectivity index (χ0) is 12.8. The molecule has 0 radical (unpaired) electrons. The fourth-order valence-electron chi connectivity index (χ4n) is 1.75. The lowest BCUT2D eigenvalue weighted by Gasteiger charge is -2.27. The van der Waals surface area contributed by atoms with E-state index in [-0.39, 0.29) is 18.1 Å². The van der Waals surface area contributed by atoms with Gasteiger partial charge in [-0.25, -0.2) is 4.79 Å². The van der Waals surface area contributed by atoms with Crippen LogP contribution in [0.5, 0.6) is 0 Å². The summed E-state index contributed by atoms with van der Waals surface area (Å²) in [5, 5.41) is 9.68. The van der Waals surface area contributed by atoms with Gasteiger partial charge in [-0.15, -0.1) is 0 Å². The molecule has 0 saturated carbocycles. The first kappa shape index (κ1) is 13.5. The fraction of sp³-hybridized carbons (Fsp3) is 0.667. The van der Waals surface area contributed by atoms with E-state index in [1.54, 1.807) is 6.92 Å². The topological polar surface area (TPSA) is 66.8 Å². The molecule has 5 nitrogen and oxygen atoms in total. The molecule has 5 heteroatoms. The molecule has 0 unspecified atom stereocenters. The summed E-state index contributed by atoms with van der Waals surface area (Å²) in [4.78, 5) is 24.7. The van der Waals surface area contributed by atoms with Crippen LogP contribution >= 0.6 is 0 Å². The molecule has 0 fully saturated rings. The largest absolute Gasteiger partial charge is 0.512 e. The molecule has 17 heavy (non-hydrogen) atoms. The Balaban J connectivity index is 2.70. The average Bonchev–Trinajstić information content (AvgIpc) is 2.30. The van der Waals surface area contributed by atoms with Crippen molar-refractivity contribution in [2.24, 2.45) is 0 Å². The number of ether oxygens (including phenoxy) is 1. The SMILES string of the molecule is CCCC(=O)C1=C(O)CCN(C(=O)OCC)C1. The standard InChI is InChI=1S/C12H19NO4/c1-3-5-10(14)9-8-13(7-6-11(9)15)12(16)17-4-2/h15H,3-8H2,1-2H3. The zero-order valence-electron chi connectivity index (χ0n) is 10.4. The van der Waals surface area contributed by atoms with Crippen molar-refractivity contribution in [3.63, 3.8) is 0 Å². The van der Waals surface area contributed by atoms with Crippen molar-refractivity contribution in [1.29, 1.82) is 0 Å². The van der Waals surface area contributed by atoms with E-state index < -0.39 is 6.09 Å². The summed E-state index contributed by atoms with van der Waals surface area (Å²) in [7, 11) is 0. The number of aliphatic hydroxyl groups is 1. The molecule has 1 amide bonds. The third kappa shape index (κ3) is 3.47. The molecule has 1 aliphatic rings. The zero-order valence-corrected chi connectivity index (χ0v) is 10.4. The highest BCUT2D eigenvalue weighted by Gasteiger charge is 2.26. The minimum absolute atomic E-state index is 0.0843. The van der Waals surface area contributed by atoms with Crippen LogP contribution in [0.25, 0.3) is 0 Å². The predicted octanol–water partition coefficient (Wildman–Crippen LogP) is 2.03. The minimum atomic E-state index is -0.429. The van der Waals surface area contributed by atoms with Crippen LogP contribution in [0.3, 0.4) is 0 Å². The molecule has 1 aliphatic heterocycles. The number of hydrogen-bond donors (Lipinski definition) is 1. The molecule has 0 saturated heterocycles. The Labute approximate surface area is 101 Å². The molecular formula is C12H19NO4. The van der Waals surface area contributed by atoms with Gasteiger partial charge in [0, 0.05) is 19.4 Å². The van der Waals surface area contributed by atoms with E-state index in [4.69, 9.17) is 4.74 Å². The van der Waals surface area contributed by atoms with E-state index in [0.717, 1.165) is 6.42 Å². The smallest absolute Gasteiger partial charge is 0.410 e. The Hall–Kier alpha value is -1.52. The number of aliphatic hydroxyl groups excluding tert-OH is 1. The summed E-state index contributed by atoms with van der Waals surface area (Å²) in [5.74, 6) is 0.0306. The average molecular weight is 241 g/mol. The van der Waals surface area contributed by atoms with Crippen molar-refractivity contribution in [2.75, 3.05) is 19.7 Å². The van der Waals surface area contributed by atoms with Crippen LogP contribution < -0.4 is 0 Å². The van der Waals surface area contributed by atoms with Crippen LogP contribution in [0.15, 0.2) is 11.3 Å². The molecule has 0 aromatic heterocycles. The lowest BCUT2D eigenvalue weighted by atomic mass is 10.0. The van der Waals surface area contributed by atoms with Gasteiger partial charge in [-0.05, 0) is 13.3 Å². The van der Waals surface area contributed by atoms with Crippen LogP contribution in [-0.2, 0) is 9.53 Å². The Morgan fingerprint density at radius 2 is 2.12 bits per heavy atom. The van der Waals surface area contributed by atoms with Gasteiger partial charge in [0.2, 0.25) is 0 Å². The highest BCUT2D eigenvalue weighted by Crippen LogP contribution is 2.18. The molecule has 1 heterocycles. The Kier molecular flexibility index (Phi) is 5.00. The van der Waals surface area contributed by atoms with Gasteiger partial charge in [0.1, 0.15) is 5.76 Å². The van der Waals surface area contributed by atoms with Gasteiger partial charge in [-0.1, -0.05) is 6.92 Å². The third-order valence-corrected chi connectivity index (χ3v) is 2.66. The molecule has 0 spiro atoms. The van der Waals surface area contributed by atoms with Crippen LogP contribution in [-0.4, -0.2) is 41.6 Å². The normalized spacial score (nSPS) is 16.0. The van der Waals surface area contributed by atoms with E-state index in [9.17, 15) is 14.7 Å². The highest BCUT2D eigenvalue weighted by molar-refractivity contribution is 5.96. The molecular weight excluding hydrogens is 222 g/mol. The van der Waals surface area contributed by atoms with E-state index in [2.05, 4.69) is 0 Å². The summed E-state index contributed by atoms with van der Waals surface area (Å²) in [6.07, 6.45) is 1.02. The summed E-state index contributed by atoms with van der Waals surface area (Å²) in [5.41, 5.74) is 0.353. The number of nitrogens with zero attached hydrogens (tertiary/aromatic N) is 1. The van der Waals surface area contributed by atoms with Crippen molar-refractivity contribution >= 4 is 11.9 Å². The van der Waals surface area contributed by atoms with Gasteiger partial charge in [0.25, 0.3) is 0 Å². The molecule has 0 aliphatic carbocycles. The maximum atomic E-state index is 11.7. The number of carbonyl (C=O) groups excluding carboxylic acids is 2. The lowest BCUT2D eigenvalue weighted by molar-refractivity contribution is -0.116. The van der Waals surface area contributed by atoms with Gasteiger partial charge in [-0.2, -0.15) is 0 Å². The maximum Gasteiger partial charge on any atom is 0.410 e. The van der Waals surface area contributed by atoms with Crippen LogP contribution in [0, 0.1) is 0 Å². The number of rotatable bonds is 4. The number of carbonyl (C=O) groups is 2. The highest BCUT2D eigenvalue weighted by atomic mass is 16.6. The summed E-state index contributed by atoms with van der Waals surface area (Å²) >= 11 is 0. The monoisotopic (exact) mass is 241 g/mol. The molecule has 0 atom stereocenters. The lowest BCUT2D eigenvalue weighted by Crippen LogP contribution is -2.39. The van der Waals surface area contributed by atoms with Gasteiger partial charge in [0.05, 0.1) is 18.7 Å². The maximum absolute atomic E-state index is 11.7. The fourth-order valence-corrected chi connectivity index (χ4v) is 1.75. The Morgan fingerprint density at radius 1 is 1.41 bits per heavy atom. The van der Waals surface area contributed by atoms with Crippen LogP contribution in [0.4, 0.5) is 4.79 Å². The molecule has 0 bridgehead atoms. The summed E-state index contributed by atoms with van der Waals surface area (Å²) in [6, 6.07) is 0. The van der Waals surface area contributed by atoms with E-state index in [1.165, 1.54) is 4.90 Å². The van der Waals surface area contributed by atoms with Crippen molar-refractivity contribution in [2.45, 2.75) is 33.1 Å². The third-order valence-electron chi connectivity index (χ3n) is 2.66. The van der Waals surface area contributed by atoms with E-state index >= 15 is 0 Å². The second-order valence-corrected chi connectivity index (χ2v) is 3.97. The molecule has 0 aromatic carbocycles. The van der Waals surface area contributed by atoms with Crippen molar-refractivity contribution in [1.82, 2.24) is 4.90 Å². The van der Waals surface area contributed by atoms with Gasteiger partial charge in [-0.3, -0.25) is 4.79 Å². The quantitative estimate of drug-likeness (QED) is 0.817. The summed E-state index contributed by atoms with van der Waals surface area (Å²) < 4.78 is 4.88. The van der Waals surface area contributed by atoms with Gasteiger partial charge < -0.3 is 14.7 Å². The van der Waals surface area contributed by atoms with Crippen LogP contribution in [0.2, 0.25) is 0 Å². The molecule has 96 valence electrons. The van der Waals surface area contributed by atoms with E-state index in [0.29, 0.717) is 31.6 Å². The predicted molar refractivity (Wildman–Crippen MR) is 62.8 cm³/mol. The van der Waals surface area contributed by atoms with Crippen molar-refractivity contribution in [3.8, 4) is 0 Å².